The molecule has 1 saturated carbocycles. The van der Waals surface area contributed by atoms with Crippen molar-refractivity contribution in [2.45, 2.75) is 25.2 Å². The number of unbranched alkanes of at least 4 members (excludes halogenated alkanes) is 1. The van der Waals surface area contributed by atoms with Gasteiger partial charge in [0, 0.05) is 24.9 Å². The standard InChI is InChI=1S/C17H20N2O2/c1-2-3-9-21-16(20)19-10-14-15(11-19)17(14,12-18)13-7-5-4-6-8-13/h4-8,14-15H,2-3,9-11H2,1H3. The highest BCUT2D eigenvalue weighted by Gasteiger charge is 2.70. The van der Waals surface area contributed by atoms with E-state index >= 15 is 0 Å². The van der Waals surface area contributed by atoms with E-state index in [0.717, 1.165) is 18.4 Å². The van der Waals surface area contributed by atoms with Crippen LogP contribution in [0.2, 0.25) is 0 Å². The maximum atomic E-state index is 11.9. The number of ether oxygens (including phenoxy) is 1. The zero-order chi connectivity index (χ0) is 14.9. The Hall–Kier alpha value is -2.02. The molecule has 2 unspecified atom stereocenters. The Balaban J connectivity index is 1.63. The molecule has 4 nitrogen and oxygen atoms in total. The minimum absolute atomic E-state index is 0.226. The van der Waals surface area contributed by atoms with Crippen molar-refractivity contribution in [1.82, 2.24) is 4.90 Å². The van der Waals surface area contributed by atoms with Crippen LogP contribution in [-0.4, -0.2) is 30.7 Å². The second kappa shape index (κ2) is 5.40. The summed E-state index contributed by atoms with van der Waals surface area (Å²) in [6.07, 6.45) is 1.69. The Morgan fingerprint density at radius 2 is 2.05 bits per heavy atom. The number of piperidine rings is 1. The van der Waals surface area contributed by atoms with E-state index in [9.17, 15) is 10.1 Å². The minimum atomic E-state index is -0.387. The second-order valence-corrected chi connectivity index (χ2v) is 5.93. The Morgan fingerprint density at radius 3 is 2.62 bits per heavy atom. The normalized spacial score (nSPS) is 29.6. The third-order valence-corrected chi connectivity index (χ3v) is 4.80. The highest BCUT2D eigenvalue weighted by molar-refractivity contribution is 5.69. The molecule has 4 heteroatoms. The summed E-state index contributed by atoms with van der Waals surface area (Å²) in [7, 11) is 0. The van der Waals surface area contributed by atoms with Crippen LogP contribution in [0.15, 0.2) is 30.3 Å². The number of fused-ring (bicyclic) bond motifs is 1. The smallest absolute Gasteiger partial charge is 0.409 e. The molecule has 2 atom stereocenters. The molecule has 1 aromatic carbocycles. The van der Waals surface area contributed by atoms with Gasteiger partial charge in [-0.3, -0.25) is 0 Å². The molecule has 0 radical (unpaired) electrons. The van der Waals surface area contributed by atoms with E-state index in [1.165, 1.54) is 0 Å². The van der Waals surface area contributed by atoms with Gasteiger partial charge in [0.05, 0.1) is 18.1 Å². The fraction of sp³-hybridized carbons (Fsp3) is 0.529. The fourth-order valence-electron chi connectivity index (χ4n) is 3.55. The molecule has 3 rings (SSSR count). The van der Waals surface area contributed by atoms with Crippen LogP contribution in [-0.2, 0) is 10.2 Å². The Labute approximate surface area is 125 Å². The number of amides is 1. The molecule has 1 aromatic rings. The molecular formula is C17H20N2O2. The number of carbonyl (C=O) groups excluding carboxylic acids is 1. The summed E-state index contributed by atoms with van der Waals surface area (Å²) in [6.45, 7) is 3.83. The Kier molecular flexibility index (Phi) is 3.59. The molecular weight excluding hydrogens is 264 g/mol. The van der Waals surface area contributed by atoms with Crippen molar-refractivity contribution in [1.29, 1.82) is 5.26 Å². The number of carbonyl (C=O) groups is 1. The SMILES string of the molecule is CCCCOC(=O)N1CC2C(C1)C2(C#N)c1ccccc1. The summed E-state index contributed by atoms with van der Waals surface area (Å²) >= 11 is 0. The van der Waals surface area contributed by atoms with E-state index in [4.69, 9.17) is 4.74 Å². The lowest BCUT2D eigenvalue weighted by Gasteiger charge is -2.22. The van der Waals surface area contributed by atoms with Crippen LogP contribution >= 0.6 is 0 Å². The van der Waals surface area contributed by atoms with Crippen LogP contribution in [0.4, 0.5) is 4.79 Å². The summed E-state index contributed by atoms with van der Waals surface area (Å²) in [5, 5.41) is 9.63. The lowest BCUT2D eigenvalue weighted by Crippen LogP contribution is -2.35. The van der Waals surface area contributed by atoms with Crippen LogP contribution < -0.4 is 0 Å². The quantitative estimate of drug-likeness (QED) is 0.799. The van der Waals surface area contributed by atoms with E-state index in [-0.39, 0.29) is 23.3 Å². The molecule has 1 aliphatic heterocycles. The first-order valence-electron chi connectivity index (χ1n) is 7.62. The highest BCUT2D eigenvalue weighted by Crippen LogP contribution is 2.63. The van der Waals surface area contributed by atoms with Gasteiger partial charge in [-0.05, 0) is 12.0 Å². The van der Waals surface area contributed by atoms with Crippen LogP contribution in [0.3, 0.4) is 0 Å². The average Bonchev–Trinajstić information content (AvgIpc) is 2.90. The molecule has 1 heterocycles. The van der Waals surface area contributed by atoms with Gasteiger partial charge in [-0.15, -0.1) is 0 Å². The summed E-state index contributed by atoms with van der Waals surface area (Å²) in [4.78, 5) is 13.7. The van der Waals surface area contributed by atoms with Crippen molar-refractivity contribution in [2.24, 2.45) is 11.8 Å². The molecule has 0 spiro atoms. The number of hydrogen-bond donors (Lipinski definition) is 0. The van der Waals surface area contributed by atoms with Gasteiger partial charge in [0.1, 0.15) is 0 Å². The number of nitrogens with zero attached hydrogens (tertiary/aromatic N) is 2. The molecule has 2 fully saturated rings. The summed E-state index contributed by atoms with van der Waals surface area (Å²) in [5.74, 6) is 0.507. The van der Waals surface area contributed by atoms with Crippen LogP contribution in [0, 0.1) is 23.2 Å². The van der Waals surface area contributed by atoms with Gasteiger partial charge in [-0.2, -0.15) is 5.26 Å². The van der Waals surface area contributed by atoms with E-state index in [2.05, 4.69) is 13.0 Å². The lowest BCUT2D eigenvalue weighted by molar-refractivity contribution is 0.104. The minimum Gasteiger partial charge on any atom is -0.449 e. The fourth-order valence-corrected chi connectivity index (χ4v) is 3.55. The van der Waals surface area contributed by atoms with Gasteiger partial charge >= 0.3 is 6.09 Å². The third kappa shape index (κ3) is 2.17. The molecule has 1 aliphatic carbocycles. The first-order valence-corrected chi connectivity index (χ1v) is 7.62. The summed E-state index contributed by atoms with van der Waals surface area (Å²) < 4.78 is 5.25. The van der Waals surface area contributed by atoms with Crippen LogP contribution in [0.1, 0.15) is 25.3 Å². The largest absolute Gasteiger partial charge is 0.449 e. The molecule has 110 valence electrons. The van der Waals surface area contributed by atoms with Gasteiger partial charge in [0.2, 0.25) is 0 Å². The zero-order valence-electron chi connectivity index (χ0n) is 12.3. The second-order valence-electron chi connectivity index (χ2n) is 5.93. The van der Waals surface area contributed by atoms with Crippen LogP contribution in [0.25, 0.3) is 0 Å². The molecule has 1 saturated heterocycles. The maximum Gasteiger partial charge on any atom is 0.409 e. The first-order chi connectivity index (χ1) is 10.2. The van der Waals surface area contributed by atoms with Gasteiger partial charge in [0.25, 0.3) is 0 Å². The molecule has 0 aromatic heterocycles. The summed E-state index contributed by atoms with van der Waals surface area (Å²) in [5.41, 5.74) is 0.697. The number of benzene rings is 1. The molecule has 2 aliphatic rings. The Bertz CT molecular complexity index is 552. The summed E-state index contributed by atoms with van der Waals surface area (Å²) in [6, 6.07) is 12.4. The van der Waals surface area contributed by atoms with E-state index < -0.39 is 0 Å². The topological polar surface area (TPSA) is 53.3 Å². The first kappa shape index (κ1) is 13.9. The van der Waals surface area contributed by atoms with Crippen molar-refractivity contribution in [3.8, 4) is 6.07 Å². The average molecular weight is 284 g/mol. The van der Waals surface area contributed by atoms with E-state index in [1.807, 2.05) is 30.3 Å². The Morgan fingerprint density at radius 1 is 1.38 bits per heavy atom. The number of hydrogen-bond acceptors (Lipinski definition) is 3. The molecule has 1 amide bonds. The number of likely N-dealkylation sites (tertiary alicyclic amines) is 1. The number of rotatable bonds is 4. The predicted molar refractivity (Wildman–Crippen MR) is 78.5 cm³/mol. The third-order valence-electron chi connectivity index (χ3n) is 4.80. The van der Waals surface area contributed by atoms with Gasteiger partial charge < -0.3 is 9.64 Å². The van der Waals surface area contributed by atoms with Crippen molar-refractivity contribution in [3.05, 3.63) is 35.9 Å². The van der Waals surface area contributed by atoms with Crippen molar-refractivity contribution in [2.75, 3.05) is 19.7 Å². The number of nitriles is 1. The van der Waals surface area contributed by atoms with E-state index in [1.54, 1.807) is 4.90 Å². The van der Waals surface area contributed by atoms with Gasteiger partial charge in [-0.1, -0.05) is 43.7 Å². The molecule has 0 N–H and O–H groups in total. The monoisotopic (exact) mass is 284 g/mol. The predicted octanol–water partition coefficient (Wildman–Crippen LogP) is 2.95. The highest BCUT2D eigenvalue weighted by atomic mass is 16.6. The van der Waals surface area contributed by atoms with E-state index in [0.29, 0.717) is 19.7 Å². The van der Waals surface area contributed by atoms with Crippen molar-refractivity contribution < 1.29 is 9.53 Å². The van der Waals surface area contributed by atoms with Crippen molar-refractivity contribution in [3.63, 3.8) is 0 Å². The van der Waals surface area contributed by atoms with Crippen LogP contribution in [0.5, 0.6) is 0 Å². The zero-order valence-corrected chi connectivity index (χ0v) is 12.3. The lowest BCUT2D eigenvalue weighted by atomic mass is 9.92. The van der Waals surface area contributed by atoms with Gasteiger partial charge in [-0.25, -0.2) is 4.79 Å². The van der Waals surface area contributed by atoms with Gasteiger partial charge in [0.15, 0.2) is 0 Å². The van der Waals surface area contributed by atoms with Crippen molar-refractivity contribution >= 4 is 6.09 Å². The molecule has 0 bridgehead atoms. The molecule has 21 heavy (non-hydrogen) atoms. The maximum absolute atomic E-state index is 11.9.